The van der Waals surface area contributed by atoms with Crippen LogP contribution < -0.4 is 5.32 Å². The van der Waals surface area contributed by atoms with Gasteiger partial charge in [0.1, 0.15) is 0 Å². The van der Waals surface area contributed by atoms with Crippen molar-refractivity contribution in [3.05, 3.63) is 64.7 Å². The smallest absolute Gasteiger partial charge is 0.340 e. The molecule has 0 aliphatic carbocycles. The zero-order valence-electron chi connectivity index (χ0n) is 12.8. The van der Waals surface area contributed by atoms with Crippen LogP contribution in [0.15, 0.2) is 42.5 Å². The van der Waals surface area contributed by atoms with Gasteiger partial charge in [0.2, 0.25) is 0 Å². The number of nitrogens with one attached hydrogen (secondary N) is 1. The summed E-state index contributed by atoms with van der Waals surface area (Å²) in [5, 5.41) is 3.33. The molecule has 0 aliphatic heterocycles. The molecule has 21 heavy (non-hydrogen) atoms. The van der Waals surface area contributed by atoms with E-state index in [1.165, 1.54) is 16.7 Å². The van der Waals surface area contributed by atoms with Crippen LogP contribution in [0.1, 0.15) is 34.0 Å². The summed E-state index contributed by atoms with van der Waals surface area (Å²) in [6.45, 7) is 7.05. The summed E-state index contributed by atoms with van der Waals surface area (Å²) in [4.78, 5) is 11.9. The zero-order valence-corrected chi connectivity index (χ0v) is 12.8. The molecule has 0 heterocycles. The molecule has 0 aromatic heterocycles. The first-order valence-corrected chi connectivity index (χ1v) is 7.18. The molecule has 3 nitrogen and oxygen atoms in total. The first-order valence-electron chi connectivity index (χ1n) is 7.18. The van der Waals surface area contributed by atoms with E-state index in [1.807, 2.05) is 25.1 Å². The standard InChI is InChI=1S/C18H21NO2/c1-4-21-18(20)16-7-5-6-8-17(16)19-12-15-10-9-13(2)11-14(15)3/h5-11,19H,4,12H2,1-3H3. The lowest BCUT2D eigenvalue weighted by molar-refractivity contribution is 0.0527. The van der Waals surface area contributed by atoms with Gasteiger partial charge in [-0.15, -0.1) is 0 Å². The lowest BCUT2D eigenvalue weighted by atomic mass is 10.1. The fourth-order valence-electron chi connectivity index (χ4n) is 2.26. The Morgan fingerprint density at radius 2 is 1.90 bits per heavy atom. The van der Waals surface area contributed by atoms with Crippen molar-refractivity contribution in [3.63, 3.8) is 0 Å². The molecule has 110 valence electrons. The van der Waals surface area contributed by atoms with E-state index >= 15 is 0 Å². The van der Waals surface area contributed by atoms with Crippen molar-refractivity contribution in [1.29, 1.82) is 0 Å². The van der Waals surface area contributed by atoms with Crippen molar-refractivity contribution in [2.45, 2.75) is 27.3 Å². The summed E-state index contributed by atoms with van der Waals surface area (Å²) in [5.41, 5.74) is 5.10. The normalized spacial score (nSPS) is 10.2. The van der Waals surface area contributed by atoms with Gasteiger partial charge >= 0.3 is 5.97 Å². The quantitative estimate of drug-likeness (QED) is 0.840. The van der Waals surface area contributed by atoms with Gasteiger partial charge in [0.25, 0.3) is 0 Å². The van der Waals surface area contributed by atoms with Gasteiger partial charge in [0, 0.05) is 12.2 Å². The number of carbonyl (C=O) groups is 1. The van der Waals surface area contributed by atoms with Gasteiger partial charge < -0.3 is 10.1 Å². The second-order valence-electron chi connectivity index (χ2n) is 5.05. The van der Waals surface area contributed by atoms with E-state index in [-0.39, 0.29) is 5.97 Å². The highest BCUT2D eigenvalue weighted by molar-refractivity contribution is 5.95. The predicted molar refractivity (Wildman–Crippen MR) is 85.6 cm³/mol. The summed E-state index contributed by atoms with van der Waals surface area (Å²) < 4.78 is 5.08. The van der Waals surface area contributed by atoms with Gasteiger partial charge in [-0.1, -0.05) is 35.9 Å². The van der Waals surface area contributed by atoms with Gasteiger partial charge in [-0.2, -0.15) is 0 Å². The van der Waals surface area contributed by atoms with E-state index in [4.69, 9.17) is 4.74 Å². The molecule has 2 rings (SSSR count). The average Bonchev–Trinajstić information content (AvgIpc) is 2.47. The SMILES string of the molecule is CCOC(=O)c1ccccc1NCc1ccc(C)cc1C. The van der Waals surface area contributed by atoms with E-state index in [0.29, 0.717) is 18.7 Å². The second kappa shape index (κ2) is 6.93. The molecular weight excluding hydrogens is 262 g/mol. The van der Waals surface area contributed by atoms with Crippen LogP contribution in [0.2, 0.25) is 0 Å². The zero-order chi connectivity index (χ0) is 15.2. The molecule has 3 heteroatoms. The minimum absolute atomic E-state index is 0.291. The molecule has 0 saturated carbocycles. The second-order valence-corrected chi connectivity index (χ2v) is 5.05. The Labute approximate surface area is 126 Å². The number of rotatable bonds is 5. The minimum atomic E-state index is -0.291. The summed E-state index contributed by atoms with van der Waals surface area (Å²) in [6.07, 6.45) is 0. The van der Waals surface area contributed by atoms with E-state index in [9.17, 15) is 4.79 Å². The number of hydrogen-bond acceptors (Lipinski definition) is 3. The van der Waals surface area contributed by atoms with Crippen LogP contribution in [0.5, 0.6) is 0 Å². The van der Waals surface area contributed by atoms with Crippen LogP contribution in [0.25, 0.3) is 0 Å². The van der Waals surface area contributed by atoms with E-state index in [2.05, 4.69) is 37.4 Å². The van der Waals surface area contributed by atoms with E-state index in [0.717, 1.165) is 5.69 Å². The van der Waals surface area contributed by atoms with Crippen molar-refractivity contribution in [1.82, 2.24) is 0 Å². The predicted octanol–water partition coefficient (Wildman–Crippen LogP) is 4.09. The number of esters is 1. The Kier molecular flexibility index (Phi) is 4.99. The maximum Gasteiger partial charge on any atom is 0.340 e. The summed E-state index contributed by atoms with van der Waals surface area (Å²) in [6, 6.07) is 13.8. The Morgan fingerprint density at radius 3 is 2.62 bits per heavy atom. The van der Waals surface area contributed by atoms with Crippen molar-refractivity contribution >= 4 is 11.7 Å². The number of para-hydroxylation sites is 1. The minimum Gasteiger partial charge on any atom is -0.462 e. The lowest BCUT2D eigenvalue weighted by Crippen LogP contribution is -2.10. The van der Waals surface area contributed by atoms with Crippen LogP contribution in [0.3, 0.4) is 0 Å². The van der Waals surface area contributed by atoms with Gasteiger partial charge in [-0.05, 0) is 44.0 Å². The fourth-order valence-corrected chi connectivity index (χ4v) is 2.26. The number of hydrogen-bond donors (Lipinski definition) is 1. The molecule has 0 fully saturated rings. The van der Waals surface area contributed by atoms with Gasteiger partial charge in [-0.3, -0.25) is 0 Å². The maximum atomic E-state index is 11.9. The first kappa shape index (κ1) is 15.1. The first-order chi connectivity index (χ1) is 10.1. The molecule has 0 amide bonds. The van der Waals surface area contributed by atoms with Crippen molar-refractivity contribution in [2.24, 2.45) is 0 Å². The fraction of sp³-hybridized carbons (Fsp3) is 0.278. The molecule has 0 atom stereocenters. The number of benzene rings is 2. The number of ether oxygens (including phenoxy) is 1. The van der Waals surface area contributed by atoms with Crippen molar-refractivity contribution < 1.29 is 9.53 Å². The summed E-state index contributed by atoms with van der Waals surface area (Å²) in [7, 11) is 0. The Bertz CT molecular complexity index is 635. The highest BCUT2D eigenvalue weighted by Crippen LogP contribution is 2.18. The molecule has 2 aromatic rings. The molecule has 0 saturated heterocycles. The molecule has 0 radical (unpaired) electrons. The molecule has 1 N–H and O–H groups in total. The largest absolute Gasteiger partial charge is 0.462 e. The van der Waals surface area contributed by atoms with Crippen LogP contribution in [-0.2, 0) is 11.3 Å². The van der Waals surface area contributed by atoms with Gasteiger partial charge in [-0.25, -0.2) is 4.79 Å². The molecular formula is C18H21NO2. The Morgan fingerprint density at radius 1 is 1.14 bits per heavy atom. The average molecular weight is 283 g/mol. The summed E-state index contributed by atoms with van der Waals surface area (Å²) >= 11 is 0. The van der Waals surface area contributed by atoms with Crippen molar-refractivity contribution in [3.8, 4) is 0 Å². The number of anilines is 1. The monoisotopic (exact) mass is 283 g/mol. The molecule has 0 spiro atoms. The maximum absolute atomic E-state index is 11.9. The molecule has 2 aromatic carbocycles. The Hall–Kier alpha value is -2.29. The van der Waals surface area contributed by atoms with E-state index in [1.54, 1.807) is 6.07 Å². The molecule has 0 unspecified atom stereocenters. The Balaban J connectivity index is 2.14. The van der Waals surface area contributed by atoms with Crippen LogP contribution in [0, 0.1) is 13.8 Å². The molecule has 0 aliphatic rings. The summed E-state index contributed by atoms with van der Waals surface area (Å²) in [5.74, 6) is -0.291. The van der Waals surface area contributed by atoms with Crippen molar-refractivity contribution in [2.75, 3.05) is 11.9 Å². The van der Waals surface area contributed by atoms with Gasteiger partial charge in [0.15, 0.2) is 0 Å². The topological polar surface area (TPSA) is 38.3 Å². The third kappa shape index (κ3) is 3.85. The number of aryl methyl sites for hydroxylation is 2. The van der Waals surface area contributed by atoms with Crippen LogP contribution in [0.4, 0.5) is 5.69 Å². The van der Waals surface area contributed by atoms with E-state index < -0.39 is 0 Å². The third-order valence-corrected chi connectivity index (χ3v) is 3.39. The van der Waals surface area contributed by atoms with Crippen LogP contribution >= 0.6 is 0 Å². The van der Waals surface area contributed by atoms with Crippen LogP contribution in [-0.4, -0.2) is 12.6 Å². The van der Waals surface area contributed by atoms with Gasteiger partial charge in [0.05, 0.1) is 12.2 Å². The third-order valence-electron chi connectivity index (χ3n) is 3.39. The highest BCUT2D eigenvalue weighted by Gasteiger charge is 2.11. The highest BCUT2D eigenvalue weighted by atomic mass is 16.5. The number of carbonyl (C=O) groups excluding carboxylic acids is 1. The molecule has 0 bridgehead atoms. The lowest BCUT2D eigenvalue weighted by Gasteiger charge is -2.13.